The number of benzene rings is 1. The summed E-state index contributed by atoms with van der Waals surface area (Å²) < 4.78 is 2.13. The lowest BCUT2D eigenvalue weighted by molar-refractivity contribution is -0.120. The number of hydrogen-bond acceptors (Lipinski definition) is 2. The standard InChI is InChI=1S/C16H22N2O/c1-5-18-14-9-7-6-8-13(14)17-15(18)10-12(19)11-16(2,3)4/h6-9H,5,10-11H2,1-4H3. The van der Waals surface area contributed by atoms with Crippen LogP contribution in [0.4, 0.5) is 0 Å². The van der Waals surface area contributed by atoms with Crippen molar-refractivity contribution in [1.82, 2.24) is 9.55 Å². The van der Waals surface area contributed by atoms with E-state index in [4.69, 9.17) is 0 Å². The molecule has 0 atom stereocenters. The summed E-state index contributed by atoms with van der Waals surface area (Å²) in [6.45, 7) is 9.21. The van der Waals surface area contributed by atoms with Crippen molar-refractivity contribution in [2.24, 2.45) is 5.41 Å². The number of hydrogen-bond donors (Lipinski definition) is 0. The Hall–Kier alpha value is -1.64. The Bertz CT molecular complexity index is 590. The second-order valence-electron chi connectivity index (χ2n) is 6.21. The van der Waals surface area contributed by atoms with Gasteiger partial charge in [-0.25, -0.2) is 4.98 Å². The topological polar surface area (TPSA) is 34.9 Å². The molecular formula is C16H22N2O. The Morgan fingerprint density at radius 3 is 2.58 bits per heavy atom. The van der Waals surface area contributed by atoms with Gasteiger partial charge in [0.25, 0.3) is 0 Å². The number of para-hydroxylation sites is 2. The van der Waals surface area contributed by atoms with E-state index in [1.165, 1.54) is 0 Å². The van der Waals surface area contributed by atoms with Gasteiger partial charge in [-0.3, -0.25) is 4.79 Å². The van der Waals surface area contributed by atoms with E-state index < -0.39 is 0 Å². The van der Waals surface area contributed by atoms with Gasteiger partial charge in [-0.05, 0) is 24.5 Å². The van der Waals surface area contributed by atoms with E-state index in [0.29, 0.717) is 12.8 Å². The minimum atomic E-state index is 0.0418. The molecule has 0 aliphatic rings. The Labute approximate surface area is 114 Å². The molecule has 19 heavy (non-hydrogen) atoms. The summed E-state index contributed by atoms with van der Waals surface area (Å²) in [6, 6.07) is 8.05. The fourth-order valence-electron chi connectivity index (χ4n) is 2.44. The lowest BCUT2D eigenvalue weighted by atomic mass is 9.89. The van der Waals surface area contributed by atoms with E-state index in [1.807, 2.05) is 18.2 Å². The Morgan fingerprint density at radius 1 is 1.26 bits per heavy atom. The molecule has 2 rings (SSSR count). The van der Waals surface area contributed by atoms with Gasteiger partial charge < -0.3 is 4.57 Å². The van der Waals surface area contributed by atoms with E-state index in [1.54, 1.807) is 0 Å². The Morgan fingerprint density at radius 2 is 1.95 bits per heavy atom. The van der Waals surface area contributed by atoms with Gasteiger partial charge in [0.1, 0.15) is 11.6 Å². The molecule has 0 unspecified atom stereocenters. The first-order valence-electron chi connectivity index (χ1n) is 6.86. The number of Topliss-reactive ketones (excluding diaryl/α,β-unsaturated/α-hetero) is 1. The van der Waals surface area contributed by atoms with Crippen LogP contribution in [-0.4, -0.2) is 15.3 Å². The van der Waals surface area contributed by atoms with E-state index >= 15 is 0 Å². The smallest absolute Gasteiger partial charge is 0.140 e. The number of aryl methyl sites for hydroxylation is 1. The molecule has 0 aliphatic carbocycles. The Balaban J connectivity index is 2.28. The molecule has 3 nitrogen and oxygen atoms in total. The molecule has 2 aromatic rings. The molecule has 1 heterocycles. The maximum absolute atomic E-state index is 12.1. The number of aromatic nitrogens is 2. The lowest BCUT2D eigenvalue weighted by Crippen LogP contribution is -2.16. The van der Waals surface area contributed by atoms with E-state index in [9.17, 15) is 4.79 Å². The van der Waals surface area contributed by atoms with Gasteiger partial charge in [0, 0.05) is 13.0 Å². The van der Waals surface area contributed by atoms with Crippen molar-refractivity contribution in [3.05, 3.63) is 30.1 Å². The van der Waals surface area contributed by atoms with Gasteiger partial charge >= 0.3 is 0 Å². The van der Waals surface area contributed by atoms with Crippen molar-refractivity contribution < 1.29 is 4.79 Å². The number of fused-ring (bicyclic) bond motifs is 1. The average molecular weight is 258 g/mol. The summed E-state index contributed by atoms with van der Waals surface area (Å²) >= 11 is 0. The minimum Gasteiger partial charge on any atom is -0.328 e. The van der Waals surface area contributed by atoms with Crippen LogP contribution in [-0.2, 0) is 17.8 Å². The van der Waals surface area contributed by atoms with Crippen molar-refractivity contribution in [2.45, 2.75) is 47.1 Å². The average Bonchev–Trinajstić information content (AvgIpc) is 2.63. The largest absolute Gasteiger partial charge is 0.328 e. The number of carbonyl (C=O) groups is 1. The molecule has 0 radical (unpaired) electrons. The van der Waals surface area contributed by atoms with Crippen molar-refractivity contribution in [3.63, 3.8) is 0 Å². The van der Waals surface area contributed by atoms with E-state index in [2.05, 4.69) is 43.3 Å². The highest BCUT2D eigenvalue weighted by molar-refractivity contribution is 5.83. The van der Waals surface area contributed by atoms with Gasteiger partial charge in [0.05, 0.1) is 17.5 Å². The third kappa shape index (κ3) is 3.22. The lowest BCUT2D eigenvalue weighted by Gasteiger charge is -2.16. The van der Waals surface area contributed by atoms with E-state index in [-0.39, 0.29) is 11.2 Å². The maximum Gasteiger partial charge on any atom is 0.140 e. The number of ketones is 1. The summed E-state index contributed by atoms with van der Waals surface area (Å²) in [5.74, 6) is 1.15. The summed E-state index contributed by atoms with van der Waals surface area (Å²) in [5.41, 5.74) is 2.13. The zero-order valence-corrected chi connectivity index (χ0v) is 12.2. The van der Waals surface area contributed by atoms with Gasteiger partial charge in [0.2, 0.25) is 0 Å². The van der Waals surface area contributed by atoms with Crippen molar-refractivity contribution in [2.75, 3.05) is 0 Å². The fraction of sp³-hybridized carbons (Fsp3) is 0.500. The highest BCUT2D eigenvalue weighted by Gasteiger charge is 2.18. The highest BCUT2D eigenvalue weighted by atomic mass is 16.1. The number of carbonyl (C=O) groups excluding carboxylic acids is 1. The van der Waals surface area contributed by atoms with Crippen LogP contribution in [0.3, 0.4) is 0 Å². The summed E-state index contributed by atoms with van der Waals surface area (Å²) in [6.07, 6.45) is 1.03. The molecule has 1 aromatic carbocycles. The highest BCUT2D eigenvalue weighted by Crippen LogP contribution is 2.21. The van der Waals surface area contributed by atoms with E-state index in [0.717, 1.165) is 23.4 Å². The first-order chi connectivity index (χ1) is 8.90. The SMILES string of the molecule is CCn1c(CC(=O)CC(C)(C)C)nc2ccccc21. The molecule has 0 bridgehead atoms. The second kappa shape index (κ2) is 5.16. The monoisotopic (exact) mass is 258 g/mol. The zero-order chi connectivity index (χ0) is 14.0. The molecule has 1 aromatic heterocycles. The van der Waals surface area contributed by atoms with Crippen molar-refractivity contribution >= 4 is 16.8 Å². The van der Waals surface area contributed by atoms with Crippen LogP contribution in [0, 0.1) is 5.41 Å². The molecule has 102 valence electrons. The van der Waals surface area contributed by atoms with Crippen molar-refractivity contribution in [1.29, 1.82) is 0 Å². The van der Waals surface area contributed by atoms with Crippen LogP contribution in [0.1, 0.15) is 39.9 Å². The predicted molar refractivity (Wildman–Crippen MR) is 78.2 cm³/mol. The Kier molecular flexibility index (Phi) is 3.74. The van der Waals surface area contributed by atoms with Crippen LogP contribution in [0.25, 0.3) is 11.0 Å². The fourth-order valence-corrected chi connectivity index (χ4v) is 2.44. The van der Waals surface area contributed by atoms with Crippen molar-refractivity contribution in [3.8, 4) is 0 Å². The number of nitrogens with zero attached hydrogens (tertiary/aromatic N) is 2. The summed E-state index contributed by atoms with van der Waals surface area (Å²) in [7, 11) is 0. The molecule has 0 amide bonds. The molecule has 3 heteroatoms. The summed E-state index contributed by atoms with van der Waals surface area (Å²) in [4.78, 5) is 16.7. The first-order valence-corrected chi connectivity index (χ1v) is 6.86. The van der Waals surface area contributed by atoms with Gasteiger partial charge in [-0.15, -0.1) is 0 Å². The molecule has 0 aliphatic heterocycles. The molecule has 0 spiro atoms. The quantitative estimate of drug-likeness (QED) is 0.839. The van der Waals surface area contributed by atoms with Crippen LogP contribution in [0.2, 0.25) is 0 Å². The molecule has 0 saturated heterocycles. The number of imidazole rings is 1. The van der Waals surface area contributed by atoms with Crippen LogP contribution in [0.15, 0.2) is 24.3 Å². The third-order valence-corrected chi connectivity index (χ3v) is 3.13. The minimum absolute atomic E-state index is 0.0418. The third-order valence-electron chi connectivity index (χ3n) is 3.13. The second-order valence-corrected chi connectivity index (χ2v) is 6.21. The van der Waals surface area contributed by atoms with Gasteiger partial charge in [-0.2, -0.15) is 0 Å². The predicted octanol–water partition coefficient (Wildman–Crippen LogP) is 3.60. The molecular weight excluding hydrogens is 236 g/mol. The zero-order valence-electron chi connectivity index (χ0n) is 12.2. The van der Waals surface area contributed by atoms with Gasteiger partial charge in [-0.1, -0.05) is 32.9 Å². The number of rotatable bonds is 4. The maximum atomic E-state index is 12.1. The van der Waals surface area contributed by atoms with Crippen LogP contribution < -0.4 is 0 Å². The molecule has 0 fully saturated rings. The molecule has 0 N–H and O–H groups in total. The van der Waals surface area contributed by atoms with Crippen LogP contribution in [0.5, 0.6) is 0 Å². The summed E-state index contributed by atoms with van der Waals surface area (Å²) in [5, 5.41) is 0. The first kappa shape index (κ1) is 13.8. The van der Waals surface area contributed by atoms with Gasteiger partial charge in [0.15, 0.2) is 0 Å². The van der Waals surface area contributed by atoms with Crippen LogP contribution >= 0.6 is 0 Å². The molecule has 0 saturated carbocycles. The normalized spacial score (nSPS) is 12.0.